The number of fused-ring (bicyclic) bond motifs is 1. The Bertz CT molecular complexity index is 575. The fourth-order valence-corrected chi connectivity index (χ4v) is 2.84. The molecule has 6 heteroatoms. The van der Waals surface area contributed by atoms with Crippen LogP contribution in [0.25, 0.3) is 11.0 Å². The Labute approximate surface area is 114 Å². The van der Waals surface area contributed by atoms with Gasteiger partial charge in [0.15, 0.2) is 5.65 Å². The Kier molecular flexibility index (Phi) is 2.97. The molecule has 5 nitrogen and oxygen atoms in total. The lowest BCUT2D eigenvalue weighted by molar-refractivity contribution is 0.733. The van der Waals surface area contributed by atoms with E-state index in [2.05, 4.69) is 42.8 Å². The van der Waals surface area contributed by atoms with Gasteiger partial charge in [-0.2, -0.15) is 5.10 Å². The van der Waals surface area contributed by atoms with Crippen LogP contribution in [-0.4, -0.2) is 32.8 Å². The van der Waals surface area contributed by atoms with Gasteiger partial charge in [-0.05, 0) is 41.6 Å². The predicted molar refractivity (Wildman–Crippen MR) is 74.6 cm³/mol. The molecule has 0 atom stereocenters. The molecule has 1 fully saturated rings. The fourth-order valence-electron chi connectivity index (χ4n) is 2.24. The second-order valence-corrected chi connectivity index (χ2v) is 5.54. The monoisotopic (exact) mass is 309 g/mol. The molecule has 0 spiro atoms. The molecule has 0 aromatic carbocycles. The van der Waals surface area contributed by atoms with Crippen LogP contribution >= 0.6 is 15.9 Å². The van der Waals surface area contributed by atoms with Gasteiger partial charge < -0.3 is 4.90 Å². The predicted octanol–water partition coefficient (Wildman–Crippen LogP) is 2.36. The minimum absolute atomic E-state index is 0.824. The Morgan fingerprint density at radius 2 is 2.22 bits per heavy atom. The van der Waals surface area contributed by atoms with Crippen LogP contribution in [0.1, 0.15) is 19.8 Å². The van der Waals surface area contributed by atoms with Crippen molar-refractivity contribution in [1.82, 2.24) is 19.7 Å². The summed E-state index contributed by atoms with van der Waals surface area (Å²) in [4.78, 5) is 11.1. The third-order valence-corrected chi connectivity index (χ3v) is 3.97. The normalized spacial score (nSPS) is 15.3. The molecule has 0 saturated heterocycles. The Morgan fingerprint density at radius 3 is 2.89 bits per heavy atom. The van der Waals surface area contributed by atoms with Crippen LogP contribution in [0.2, 0.25) is 0 Å². The number of aryl methyl sites for hydroxylation is 1. The van der Waals surface area contributed by atoms with Crippen molar-refractivity contribution in [2.45, 2.75) is 19.8 Å². The maximum atomic E-state index is 4.46. The average Bonchev–Trinajstić information content (AvgIpc) is 3.14. The van der Waals surface area contributed by atoms with E-state index in [4.69, 9.17) is 0 Å². The average molecular weight is 310 g/mol. The van der Waals surface area contributed by atoms with E-state index in [1.54, 1.807) is 11.0 Å². The first-order valence-electron chi connectivity index (χ1n) is 6.28. The van der Waals surface area contributed by atoms with Crippen LogP contribution in [0.15, 0.2) is 10.9 Å². The smallest absolute Gasteiger partial charge is 0.164 e. The van der Waals surface area contributed by atoms with E-state index in [1.165, 1.54) is 12.8 Å². The molecule has 0 aliphatic heterocycles. The molecule has 96 valence electrons. The summed E-state index contributed by atoms with van der Waals surface area (Å²) in [6, 6.07) is 0. The summed E-state index contributed by atoms with van der Waals surface area (Å²) in [6.07, 6.45) is 4.32. The van der Waals surface area contributed by atoms with Gasteiger partial charge in [-0.15, -0.1) is 0 Å². The van der Waals surface area contributed by atoms with Gasteiger partial charge in [0.1, 0.15) is 16.7 Å². The molecule has 1 aliphatic carbocycles. The third-order valence-electron chi connectivity index (χ3n) is 3.41. The second kappa shape index (κ2) is 4.50. The molecule has 18 heavy (non-hydrogen) atoms. The molecule has 1 saturated carbocycles. The highest BCUT2D eigenvalue weighted by molar-refractivity contribution is 9.10. The Morgan fingerprint density at radius 1 is 1.44 bits per heavy atom. The second-order valence-electron chi connectivity index (χ2n) is 4.79. The Balaban J connectivity index is 2.08. The maximum absolute atomic E-state index is 4.46. The summed E-state index contributed by atoms with van der Waals surface area (Å²) in [5.41, 5.74) is 0.876. The zero-order valence-electron chi connectivity index (χ0n) is 10.6. The third kappa shape index (κ3) is 1.98. The van der Waals surface area contributed by atoms with E-state index >= 15 is 0 Å². The number of aromatic nitrogens is 4. The zero-order chi connectivity index (χ0) is 12.7. The van der Waals surface area contributed by atoms with Crippen LogP contribution in [0.4, 0.5) is 5.82 Å². The number of hydrogen-bond acceptors (Lipinski definition) is 4. The molecule has 3 rings (SSSR count). The minimum Gasteiger partial charge on any atom is -0.356 e. The number of hydrogen-bond donors (Lipinski definition) is 0. The number of anilines is 1. The molecule has 0 N–H and O–H groups in total. The van der Waals surface area contributed by atoms with Crippen LogP contribution in [0.3, 0.4) is 0 Å². The van der Waals surface area contributed by atoms with Crippen molar-refractivity contribution in [2.75, 3.05) is 18.0 Å². The summed E-state index contributed by atoms with van der Waals surface area (Å²) in [7, 11) is 1.90. The highest BCUT2D eigenvalue weighted by Crippen LogP contribution is 2.34. The van der Waals surface area contributed by atoms with E-state index in [0.717, 1.165) is 40.5 Å². The first-order chi connectivity index (χ1) is 8.70. The number of rotatable bonds is 4. The van der Waals surface area contributed by atoms with Crippen molar-refractivity contribution in [3.63, 3.8) is 0 Å². The summed E-state index contributed by atoms with van der Waals surface area (Å²) in [5, 5.41) is 5.38. The van der Waals surface area contributed by atoms with E-state index in [1.807, 2.05) is 7.05 Å². The standard InChI is InChI=1S/C12H16BrN5/c1-3-18(6-8-4-5-8)12-9-10(13)16-17(2)11(9)14-7-15-12/h7-8H,3-6H2,1-2H3. The minimum atomic E-state index is 0.824. The van der Waals surface area contributed by atoms with Gasteiger partial charge in [-0.3, -0.25) is 0 Å². The van der Waals surface area contributed by atoms with Gasteiger partial charge in [-0.1, -0.05) is 0 Å². The Hall–Kier alpha value is -1.17. The van der Waals surface area contributed by atoms with Gasteiger partial charge in [0.2, 0.25) is 0 Å². The highest BCUT2D eigenvalue weighted by atomic mass is 79.9. The van der Waals surface area contributed by atoms with Gasteiger partial charge in [0.05, 0.1) is 5.39 Å². The fraction of sp³-hybridized carbons (Fsp3) is 0.583. The van der Waals surface area contributed by atoms with E-state index < -0.39 is 0 Å². The van der Waals surface area contributed by atoms with Crippen molar-refractivity contribution in [3.8, 4) is 0 Å². The summed E-state index contributed by atoms with van der Waals surface area (Å²) >= 11 is 3.51. The quantitative estimate of drug-likeness (QED) is 0.870. The molecule has 2 aromatic rings. The molecule has 0 radical (unpaired) electrons. The first kappa shape index (κ1) is 11.9. The highest BCUT2D eigenvalue weighted by Gasteiger charge is 2.26. The molecule has 2 aromatic heterocycles. The van der Waals surface area contributed by atoms with Crippen molar-refractivity contribution in [1.29, 1.82) is 0 Å². The lowest BCUT2D eigenvalue weighted by atomic mass is 10.3. The van der Waals surface area contributed by atoms with E-state index in [-0.39, 0.29) is 0 Å². The molecule has 0 amide bonds. The van der Waals surface area contributed by atoms with Gasteiger partial charge in [0.25, 0.3) is 0 Å². The van der Waals surface area contributed by atoms with E-state index in [9.17, 15) is 0 Å². The largest absolute Gasteiger partial charge is 0.356 e. The lowest BCUT2D eigenvalue weighted by Crippen LogP contribution is -2.26. The molecular formula is C12H16BrN5. The molecule has 0 unspecified atom stereocenters. The molecule has 2 heterocycles. The number of nitrogens with zero attached hydrogens (tertiary/aromatic N) is 5. The van der Waals surface area contributed by atoms with E-state index in [0.29, 0.717) is 0 Å². The number of halogens is 1. The topological polar surface area (TPSA) is 46.8 Å². The molecular weight excluding hydrogens is 294 g/mol. The SMILES string of the molecule is CCN(CC1CC1)c1ncnc2c1c(Br)nn2C. The molecule has 0 bridgehead atoms. The zero-order valence-corrected chi connectivity index (χ0v) is 12.2. The summed E-state index contributed by atoms with van der Waals surface area (Å²) in [5.74, 6) is 1.83. The maximum Gasteiger partial charge on any atom is 0.164 e. The van der Waals surface area contributed by atoms with Crippen LogP contribution in [-0.2, 0) is 7.05 Å². The van der Waals surface area contributed by atoms with Gasteiger partial charge in [0, 0.05) is 20.1 Å². The van der Waals surface area contributed by atoms with Crippen molar-refractivity contribution in [3.05, 3.63) is 10.9 Å². The lowest BCUT2D eigenvalue weighted by Gasteiger charge is -2.22. The van der Waals surface area contributed by atoms with Crippen LogP contribution in [0.5, 0.6) is 0 Å². The van der Waals surface area contributed by atoms with Crippen molar-refractivity contribution < 1.29 is 0 Å². The van der Waals surface area contributed by atoms with Crippen molar-refractivity contribution >= 4 is 32.8 Å². The van der Waals surface area contributed by atoms with Gasteiger partial charge >= 0.3 is 0 Å². The van der Waals surface area contributed by atoms with Crippen LogP contribution in [0, 0.1) is 5.92 Å². The van der Waals surface area contributed by atoms with Gasteiger partial charge in [-0.25, -0.2) is 14.6 Å². The van der Waals surface area contributed by atoms with Crippen molar-refractivity contribution in [2.24, 2.45) is 13.0 Å². The summed E-state index contributed by atoms with van der Waals surface area (Å²) in [6.45, 7) is 4.22. The first-order valence-corrected chi connectivity index (χ1v) is 7.08. The van der Waals surface area contributed by atoms with Crippen LogP contribution < -0.4 is 4.90 Å². The summed E-state index contributed by atoms with van der Waals surface area (Å²) < 4.78 is 2.61. The molecule has 1 aliphatic rings.